The van der Waals surface area contributed by atoms with Gasteiger partial charge >= 0.3 is 0 Å². The molecule has 1 amide bonds. The van der Waals surface area contributed by atoms with Crippen LogP contribution in [0.15, 0.2) is 57.7 Å². The summed E-state index contributed by atoms with van der Waals surface area (Å²) in [5, 5.41) is 2.99. The molecule has 1 aromatic heterocycles. The van der Waals surface area contributed by atoms with E-state index in [1.165, 1.54) is 14.0 Å². The van der Waals surface area contributed by atoms with E-state index in [1.807, 2.05) is 0 Å². The van der Waals surface area contributed by atoms with E-state index in [0.717, 1.165) is 6.07 Å². The van der Waals surface area contributed by atoms with E-state index in [9.17, 15) is 14.4 Å². The van der Waals surface area contributed by atoms with Crippen molar-refractivity contribution in [3.63, 3.8) is 0 Å². The Hall–Kier alpha value is -3.41. The molecule has 0 saturated heterocycles. The molecule has 126 valence electrons. The lowest BCUT2D eigenvalue weighted by Gasteiger charge is -2.07. The van der Waals surface area contributed by atoms with Gasteiger partial charge in [0.05, 0.1) is 12.5 Å². The van der Waals surface area contributed by atoms with Crippen molar-refractivity contribution in [2.24, 2.45) is 0 Å². The second kappa shape index (κ2) is 6.60. The summed E-state index contributed by atoms with van der Waals surface area (Å²) in [6, 6.07) is 12.4. The minimum atomic E-state index is -0.558. The maximum absolute atomic E-state index is 12.3. The number of benzene rings is 2. The third kappa shape index (κ3) is 3.42. The highest BCUT2D eigenvalue weighted by atomic mass is 16.5. The first-order chi connectivity index (χ1) is 12.0. The molecular weight excluding hydrogens is 322 g/mol. The van der Waals surface area contributed by atoms with Gasteiger partial charge in [-0.25, -0.2) is 0 Å². The van der Waals surface area contributed by atoms with Gasteiger partial charge in [0.25, 0.3) is 5.91 Å². The molecule has 3 rings (SSSR count). The maximum Gasteiger partial charge on any atom is 0.291 e. The fourth-order valence-corrected chi connectivity index (χ4v) is 2.36. The molecule has 0 saturated carbocycles. The highest BCUT2D eigenvalue weighted by Gasteiger charge is 2.13. The van der Waals surface area contributed by atoms with Crippen LogP contribution in [0.25, 0.3) is 11.0 Å². The van der Waals surface area contributed by atoms with E-state index < -0.39 is 5.91 Å². The zero-order valence-electron chi connectivity index (χ0n) is 13.7. The molecule has 0 aliphatic heterocycles. The highest BCUT2D eigenvalue weighted by Crippen LogP contribution is 2.20. The number of Topliss-reactive ketones (excluding diaryl/α,β-unsaturated/α-hetero) is 1. The van der Waals surface area contributed by atoms with Crippen molar-refractivity contribution >= 4 is 28.3 Å². The van der Waals surface area contributed by atoms with E-state index in [4.69, 9.17) is 9.15 Å². The lowest BCUT2D eigenvalue weighted by atomic mass is 10.1. The molecule has 2 aromatic carbocycles. The monoisotopic (exact) mass is 337 g/mol. The van der Waals surface area contributed by atoms with E-state index in [2.05, 4.69) is 5.32 Å². The number of ketones is 1. The van der Waals surface area contributed by atoms with Crippen LogP contribution < -0.4 is 15.5 Å². The smallest absolute Gasteiger partial charge is 0.291 e. The SMILES string of the molecule is COc1ccc2c(=O)cc(C(=O)Nc3ccc(C(C)=O)cc3)oc2c1. The predicted octanol–water partition coefficient (Wildman–Crippen LogP) is 3.26. The zero-order valence-corrected chi connectivity index (χ0v) is 13.7. The number of carbonyl (C=O) groups excluding carboxylic acids is 2. The predicted molar refractivity (Wildman–Crippen MR) is 93.4 cm³/mol. The maximum atomic E-state index is 12.3. The van der Waals surface area contributed by atoms with Gasteiger partial charge in [-0.2, -0.15) is 0 Å². The lowest BCUT2D eigenvalue weighted by molar-refractivity contribution is 0.0994. The Labute approximate surface area is 143 Å². The molecule has 6 nitrogen and oxygen atoms in total. The molecule has 0 atom stereocenters. The number of hydrogen-bond acceptors (Lipinski definition) is 5. The number of anilines is 1. The first kappa shape index (κ1) is 16.4. The van der Waals surface area contributed by atoms with Crippen molar-refractivity contribution in [3.05, 3.63) is 70.1 Å². The van der Waals surface area contributed by atoms with Crippen molar-refractivity contribution in [2.45, 2.75) is 6.92 Å². The number of methoxy groups -OCH3 is 1. The van der Waals surface area contributed by atoms with Crippen molar-refractivity contribution < 1.29 is 18.7 Å². The van der Waals surface area contributed by atoms with Crippen LogP contribution in [0, 0.1) is 0 Å². The van der Waals surface area contributed by atoms with Gasteiger partial charge in [-0.3, -0.25) is 14.4 Å². The standard InChI is InChI=1S/C19H15NO5/c1-11(21)12-3-5-13(6-4-12)20-19(23)18-10-16(22)15-8-7-14(24-2)9-17(15)25-18/h3-10H,1-2H3,(H,20,23). The van der Waals surface area contributed by atoms with Crippen molar-refractivity contribution in [1.82, 2.24) is 0 Å². The van der Waals surface area contributed by atoms with Gasteiger partial charge < -0.3 is 14.5 Å². The summed E-state index contributed by atoms with van der Waals surface area (Å²) in [6.07, 6.45) is 0. The van der Waals surface area contributed by atoms with Crippen molar-refractivity contribution in [3.8, 4) is 5.75 Å². The van der Waals surface area contributed by atoms with Gasteiger partial charge in [-0.05, 0) is 43.3 Å². The van der Waals surface area contributed by atoms with Crippen LogP contribution in [0.2, 0.25) is 0 Å². The summed E-state index contributed by atoms with van der Waals surface area (Å²) in [5.74, 6) is -0.209. The van der Waals surface area contributed by atoms with Gasteiger partial charge in [0, 0.05) is 23.4 Å². The average Bonchev–Trinajstić information content (AvgIpc) is 2.61. The zero-order chi connectivity index (χ0) is 18.0. The minimum absolute atomic E-state index is 0.0626. The van der Waals surface area contributed by atoms with Crippen LogP contribution in [-0.4, -0.2) is 18.8 Å². The first-order valence-electron chi connectivity index (χ1n) is 7.52. The van der Waals surface area contributed by atoms with E-state index in [0.29, 0.717) is 22.4 Å². The second-order valence-corrected chi connectivity index (χ2v) is 5.42. The molecule has 0 bridgehead atoms. The van der Waals surface area contributed by atoms with Crippen molar-refractivity contribution in [1.29, 1.82) is 0 Å². The molecule has 0 fully saturated rings. The summed E-state index contributed by atoms with van der Waals surface area (Å²) >= 11 is 0. The Morgan fingerprint density at radius 1 is 1.04 bits per heavy atom. The molecule has 0 unspecified atom stereocenters. The topological polar surface area (TPSA) is 85.6 Å². The number of hydrogen-bond donors (Lipinski definition) is 1. The molecule has 1 heterocycles. The second-order valence-electron chi connectivity index (χ2n) is 5.42. The van der Waals surface area contributed by atoms with Gasteiger partial charge in [-0.1, -0.05) is 0 Å². The third-order valence-corrected chi connectivity index (χ3v) is 3.71. The quantitative estimate of drug-likeness (QED) is 0.739. The molecular formula is C19H15NO5. The Balaban J connectivity index is 1.91. The summed E-state index contributed by atoms with van der Waals surface area (Å²) in [5.41, 5.74) is 0.982. The number of ether oxygens (including phenoxy) is 1. The van der Waals surface area contributed by atoms with E-state index in [1.54, 1.807) is 42.5 Å². The lowest BCUT2D eigenvalue weighted by Crippen LogP contribution is -2.15. The van der Waals surface area contributed by atoms with Gasteiger partial charge in [0.15, 0.2) is 17.0 Å². The van der Waals surface area contributed by atoms with E-state index >= 15 is 0 Å². The molecule has 0 spiro atoms. The molecule has 0 radical (unpaired) electrons. The molecule has 25 heavy (non-hydrogen) atoms. The fourth-order valence-electron chi connectivity index (χ4n) is 2.36. The highest BCUT2D eigenvalue weighted by molar-refractivity contribution is 6.03. The molecule has 1 N–H and O–H groups in total. The third-order valence-electron chi connectivity index (χ3n) is 3.71. The Kier molecular flexibility index (Phi) is 4.35. The van der Waals surface area contributed by atoms with Crippen LogP contribution in [0.5, 0.6) is 5.75 Å². The number of rotatable bonds is 4. The van der Waals surface area contributed by atoms with Crippen molar-refractivity contribution in [2.75, 3.05) is 12.4 Å². The number of amides is 1. The fraction of sp³-hybridized carbons (Fsp3) is 0.105. The van der Waals surface area contributed by atoms with Crippen LogP contribution in [0.1, 0.15) is 27.8 Å². The molecule has 3 aromatic rings. The summed E-state index contributed by atoms with van der Waals surface area (Å²) < 4.78 is 10.6. The summed E-state index contributed by atoms with van der Waals surface area (Å²) in [6.45, 7) is 1.46. The largest absolute Gasteiger partial charge is 0.497 e. The Morgan fingerprint density at radius 2 is 1.76 bits per heavy atom. The number of nitrogens with one attached hydrogen (secondary N) is 1. The first-order valence-corrected chi connectivity index (χ1v) is 7.52. The number of fused-ring (bicyclic) bond motifs is 1. The average molecular weight is 337 g/mol. The summed E-state index contributed by atoms with van der Waals surface area (Å²) in [7, 11) is 1.50. The van der Waals surface area contributed by atoms with Crippen LogP contribution in [0.4, 0.5) is 5.69 Å². The molecule has 0 aliphatic rings. The Morgan fingerprint density at radius 3 is 2.40 bits per heavy atom. The van der Waals surface area contributed by atoms with Crippen LogP contribution >= 0.6 is 0 Å². The normalized spacial score (nSPS) is 10.5. The van der Waals surface area contributed by atoms with Gasteiger partial charge in [0.2, 0.25) is 0 Å². The van der Waals surface area contributed by atoms with Gasteiger partial charge in [0.1, 0.15) is 11.3 Å². The Bertz CT molecular complexity index is 1020. The van der Waals surface area contributed by atoms with Crippen LogP contribution in [-0.2, 0) is 0 Å². The van der Waals surface area contributed by atoms with Gasteiger partial charge in [-0.15, -0.1) is 0 Å². The molecule has 0 aliphatic carbocycles. The summed E-state index contributed by atoms with van der Waals surface area (Å²) in [4.78, 5) is 35.8. The molecule has 6 heteroatoms. The minimum Gasteiger partial charge on any atom is -0.497 e. The van der Waals surface area contributed by atoms with E-state index in [-0.39, 0.29) is 22.6 Å². The number of carbonyl (C=O) groups is 2. The van der Waals surface area contributed by atoms with Crippen LogP contribution in [0.3, 0.4) is 0 Å².